The molecule has 2 aliphatic heterocycles. The van der Waals surface area contributed by atoms with E-state index in [-0.39, 0.29) is 17.6 Å². The van der Waals surface area contributed by atoms with Crippen LogP contribution < -0.4 is 9.64 Å². The van der Waals surface area contributed by atoms with Gasteiger partial charge in [0.1, 0.15) is 17.9 Å². The molecule has 2 aromatic carbocycles. The minimum atomic E-state index is -0.947. The van der Waals surface area contributed by atoms with Crippen molar-refractivity contribution in [3.63, 3.8) is 0 Å². The van der Waals surface area contributed by atoms with E-state index in [4.69, 9.17) is 21.3 Å². The number of fused-ring (bicyclic) bond motifs is 2. The normalized spacial score (nSPS) is 19.9. The quantitative estimate of drug-likeness (QED) is 0.462. The minimum absolute atomic E-state index is 0.126. The van der Waals surface area contributed by atoms with Gasteiger partial charge in [-0.25, -0.2) is 9.18 Å². The smallest absolute Gasteiger partial charge is 0.407 e. The molecule has 3 aromatic rings. The number of piperazine rings is 1. The van der Waals surface area contributed by atoms with Crippen LogP contribution in [0.1, 0.15) is 36.8 Å². The van der Waals surface area contributed by atoms with Crippen molar-refractivity contribution in [3.8, 4) is 17.1 Å². The first-order valence-corrected chi connectivity index (χ1v) is 14.1. The van der Waals surface area contributed by atoms with Crippen molar-refractivity contribution in [2.24, 2.45) is 0 Å². The summed E-state index contributed by atoms with van der Waals surface area (Å²) < 4.78 is 22.6. The molecule has 0 unspecified atom stereocenters. The number of aromatic nitrogens is 2. The summed E-state index contributed by atoms with van der Waals surface area (Å²) in [6.45, 7) is 2.95. The van der Waals surface area contributed by atoms with E-state index in [1.165, 1.54) is 10.5 Å². The number of amides is 1. The second-order valence-electron chi connectivity index (χ2n) is 10.8. The fraction of sp³-hybridized carbons (Fsp3) is 0.483. The van der Waals surface area contributed by atoms with Gasteiger partial charge in [-0.05, 0) is 74.9 Å². The number of carbonyl (C=O) groups is 1. The Kier molecular flexibility index (Phi) is 7.20. The lowest BCUT2D eigenvalue weighted by Gasteiger charge is -2.34. The molecule has 0 spiro atoms. The third-order valence-corrected chi connectivity index (χ3v) is 8.73. The van der Waals surface area contributed by atoms with Crippen LogP contribution in [0.25, 0.3) is 22.0 Å². The molecule has 206 valence electrons. The maximum Gasteiger partial charge on any atom is 0.407 e. The monoisotopic (exact) mass is 553 g/mol. The van der Waals surface area contributed by atoms with Crippen LogP contribution in [0.5, 0.6) is 6.01 Å². The van der Waals surface area contributed by atoms with Crippen LogP contribution in [0.3, 0.4) is 0 Å². The third-order valence-electron chi connectivity index (χ3n) is 8.43. The number of halogens is 2. The molecular formula is C29H33ClFN5O3. The minimum Gasteiger partial charge on any atom is -0.465 e. The molecule has 39 heavy (non-hydrogen) atoms. The molecule has 6 rings (SSSR count). The molecule has 1 aromatic heterocycles. The molecule has 0 bridgehead atoms. The number of likely N-dealkylation sites (tertiary alicyclic amines) is 1. The van der Waals surface area contributed by atoms with E-state index in [0.29, 0.717) is 54.6 Å². The maximum absolute atomic E-state index is 16.5. The van der Waals surface area contributed by atoms with Crippen molar-refractivity contribution in [1.82, 2.24) is 19.8 Å². The summed E-state index contributed by atoms with van der Waals surface area (Å²) in [4.78, 5) is 26.4. The zero-order valence-electron chi connectivity index (χ0n) is 22.1. The highest BCUT2D eigenvalue weighted by Gasteiger charge is 2.28. The van der Waals surface area contributed by atoms with E-state index < -0.39 is 11.9 Å². The predicted octanol–water partition coefficient (Wildman–Crippen LogP) is 5.24. The average molecular weight is 554 g/mol. The van der Waals surface area contributed by atoms with Gasteiger partial charge in [-0.3, -0.25) is 0 Å². The highest BCUT2D eigenvalue weighted by atomic mass is 35.5. The first-order valence-electron chi connectivity index (χ1n) is 13.8. The molecule has 1 aliphatic carbocycles. The molecule has 2 saturated heterocycles. The Morgan fingerprint density at radius 2 is 1.92 bits per heavy atom. The zero-order valence-corrected chi connectivity index (χ0v) is 22.9. The Labute approximate surface area is 232 Å². The molecule has 3 aliphatic rings. The Morgan fingerprint density at radius 1 is 1.13 bits per heavy atom. The Balaban J connectivity index is 1.45. The molecule has 1 N–H and O–H groups in total. The third kappa shape index (κ3) is 4.98. The van der Waals surface area contributed by atoms with Crippen LogP contribution in [0, 0.1) is 5.82 Å². The highest BCUT2D eigenvalue weighted by molar-refractivity contribution is 6.34. The summed E-state index contributed by atoms with van der Waals surface area (Å²) in [6, 6.07) is 8.17. The van der Waals surface area contributed by atoms with Crippen LogP contribution in [0.15, 0.2) is 24.3 Å². The van der Waals surface area contributed by atoms with Crippen molar-refractivity contribution in [3.05, 3.63) is 46.2 Å². The van der Waals surface area contributed by atoms with Crippen molar-refractivity contribution >= 4 is 34.4 Å². The number of likely N-dealkylation sites (N-methyl/N-ethyl adjacent to an activating group) is 1. The van der Waals surface area contributed by atoms with Gasteiger partial charge in [0.25, 0.3) is 0 Å². The lowest BCUT2D eigenvalue weighted by Crippen LogP contribution is -2.48. The summed E-state index contributed by atoms with van der Waals surface area (Å²) in [7, 11) is 2.07. The van der Waals surface area contributed by atoms with Gasteiger partial charge in [-0.15, -0.1) is 0 Å². The van der Waals surface area contributed by atoms with Crippen molar-refractivity contribution in [2.45, 2.75) is 44.6 Å². The second-order valence-corrected chi connectivity index (χ2v) is 11.2. The fourth-order valence-corrected chi connectivity index (χ4v) is 6.49. The maximum atomic E-state index is 16.5. The summed E-state index contributed by atoms with van der Waals surface area (Å²) in [5, 5.41) is 10.2. The first kappa shape index (κ1) is 26.1. The van der Waals surface area contributed by atoms with E-state index in [1.54, 1.807) is 6.07 Å². The van der Waals surface area contributed by atoms with Crippen molar-refractivity contribution < 1.29 is 19.0 Å². The molecule has 0 radical (unpaired) electrons. The average Bonchev–Trinajstić information content (AvgIpc) is 3.36. The fourth-order valence-electron chi connectivity index (χ4n) is 6.20. The van der Waals surface area contributed by atoms with E-state index in [1.807, 2.05) is 17.0 Å². The zero-order chi connectivity index (χ0) is 27.1. The number of hydrogen-bond donors (Lipinski definition) is 1. The molecule has 1 atom stereocenters. The van der Waals surface area contributed by atoms with Gasteiger partial charge >= 0.3 is 12.1 Å². The van der Waals surface area contributed by atoms with Crippen molar-refractivity contribution in [2.75, 3.05) is 51.3 Å². The standard InChI is InChI=1S/C29H33ClFN5O3/c1-34-11-5-8-19(34)17-39-28-32-26-22(27(33-28)35-12-14-36(15-13-35)29(37)38)16-23(30)24(25(26)31)21-10-4-7-18-6-2-3-9-20(18)21/h4,7,10,16,19H,2-3,5-6,8-9,11-15,17H2,1H3,(H,37,38)/t19-/m0/s1. The topological polar surface area (TPSA) is 82.0 Å². The molecule has 0 saturated carbocycles. The predicted molar refractivity (Wildman–Crippen MR) is 150 cm³/mol. The van der Waals surface area contributed by atoms with Crippen LogP contribution >= 0.6 is 11.6 Å². The highest BCUT2D eigenvalue weighted by Crippen LogP contribution is 2.41. The second kappa shape index (κ2) is 10.8. The Bertz CT molecular complexity index is 1410. The van der Waals surface area contributed by atoms with Gasteiger partial charge in [-0.2, -0.15) is 9.97 Å². The van der Waals surface area contributed by atoms with E-state index in [9.17, 15) is 9.90 Å². The first-order chi connectivity index (χ1) is 18.9. The van der Waals surface area contributed by atoms with Gasteiger partial charge in [0.15, 0.2) is 5.82 Å². The van der Waals surface area contributed by atoms with Gasteiger partial charge < -0.3 is 24.5 Å². The van der Waals surface area contributed by atoms with Gasteiger partial charge in [0, 0.05) is 43.2 Å². The molecule has 2 fully saturated rings. The lowest BCUT2D eigenvalue weighted by atomic mass is 9.85. The Morgan fingerprint density at radius 3 is 2.67 bits per heavy atom. The summed E-state index contributed by atoms with van der Waals surface area (Å²) in [5.41, 5.74) is 3.76. The van der Waals surface area contributed by atoms with Crippen LogP contribution in [-0.2, 0) is 12.8 Å². The SMILES string of the molecule is CN1CCC[C@H]1COc1nc(N2CCN(C(=O)O)CC2)c2cc(Cl)c(-c3cccc4c3CCCC4)c(F)c2n1. The van der Waals surface area contributed by atoms with E-state index >= 15 is 4.39 Å². The number of ether oxygens (including phenoxy) is 1. The summed E-state index contributed by atoms with van der Waals surface area (Å²) >= 11 is 6.83. The number of nitrogens with zero attached hydrogens (tertiary/aromatic N) is 5. The summed E-state index contributed by atoms with van der Waals surface area (Å²) in [5.74, 6) is 0.0365. The van der Waals surface area contributed by atoms with Crippen molar-refractivity contribution in [1.29, 1.82) is 0 Å². The van der Waals surface area contributed by atoms with Crippen LogP contribution in [0.2, 0.25) is 5.02 Å². The number of benzene rings is 2. The van der Waals surface area contributed by atoms with Gasteiger partial charge in [0.05, 0.1) is 5.02 Å². The largest absolute Gasteiger partial charge is 0.465 e. The molecule has 3 heterocycles. The number of aryl methyl sites for hydroxylation is 1. The molecule has 10 heteroatoms. The summed E-state index contributed by atoms with van der Waals surface area (Å²) in [6.07, 6.45) is 5.27. The van der Waals surface area contributed by atoms with E-state index in [2.05, 4.69) is 23.0 Å². The van der Waals surface area contributed by atoms with Crippen LogP contribution in [0.4, 0.5) is 15.0 Å². The van der Waals surface area contributed by atoms with Gasteiger partial charge in [-0.1, -0.05) is 29.8 Å². The molecular weight excluding hydrogens is 521 g/mol. The number of rotatable bonds is 5. The molecule has 8 nitrogen and oxygen atoms in total. The number of hydrogen-bond acceptors (Lipinski definition) is 6. The lowest BCUT2D eigenvalue weighted by molar-refractivity contribution is 0.142. The number of carboxylic acid groups (broad SMARTS) is 1. The van der Waals surface area contributed by atoms with Crippen LogP contribution in [-0.4, -0.2) is 83.4 Å². The Hall–Kier alpha value is -3.17. The molecule has 1 amide bonds. The number of anilines is 1. The van der Waals surface area contributed by atoms with Gasteiger partial charge in [0.2, 0.25) is 0 Å². The van der Waals surface area contributed by atoms with E-state index in [0.717, 1.165) is 56.2 Å².